The van der Waals surface area contributed by atoms with E-state index in [1.165, 1.54) is 12.1 Å². The molecule has 156 valence electrons. The maximum Gasteiger partial charge on any atom is 0.243 e. The molecule has 0 aromatic heterocycles. The van der Waals surface area contributed by atoms with E-state index in [2.05, 4.69) is 16.0 Å². The number of aryl methyl sites for hydroxylation is 3. The predicted octanol–water partition coefficient (Wildman–Crippen LogP) is 3.98. The van der Waals surface area contributed by atoms with Crippen LogP contribution in [0.2, 0.25) is 5.02 Å². The van der Waals surface area contributed by atoms with Crippen molar-refractivity contribution in [1.82, 2.24) is 10.6 Å². The quantitative estimate of drug-likeness (QED) is 0.635. The number of amides is 2. The smallest absolute Gasteiger partial charge is 0.243 e. The molecule has 2 rings (SSSR count). The van der Waals surface area contributed by atoms with Crippen molar-refractivity contribution in [2.75, 3.05) is 18.4 Å². The van der Waals surface area contributed by atoms with Gasteiger partial charge in [-0.1, -0.05) is 35.4 Å². The topological polar surface area (TPSA) is 70.2 Å². The van der Waals surface area contributed by atoms with E-state index in [-0.39, 0.29) is 29.9 Å². The summed E-state index contributed by atoms with van der Waals surface area (Å²) in [5, 5.41) is 8.81. The molecule has 0 fully saturated rings. The molecular formula is C22H27ClFN3O2. The van der Waals surface area contributed by atoms with Gasteiger partial charge in [0, 0.05) is 16.2 Å². The lowest BCUT2D eigenvalue weighted by atomic mass is 9.94. The van der Waals surface area contributed by atoms with Crippen LogP contribution in [0.3, 0.4) is 0 Å². The second-order valence-electron chi connectivity index (χ2n) is 7.70. The van der Waals surface area contributed by atoms with Crippen molar-refractivity contribution in [3.05, 3.63) is 63.4 Å². The van der Waals surface area contributed by atoms with Gasteiger partial charge in [-0.05, 0) is 63.4 Å². The Balaban J connectivity index is 1.87. The number of benzene rings is 2. The number of anilines is 1. The molecule has 0 aliphatic carbocycles. The van der Waals surface area contributed by atoms with Gasteiger partial charge in [-0.2, -0.15) is 0 Å². The Morgan fingerprint density at radius 1 is 1.00 bits per heavy atom. The highest BCUT2D eigenvalue weighted by Gasteiger charge is 2.24. The Bertz CT molecular complexity index is 905. The number of rotatable bonds is 7. The van der Waals surface area contributed by atoms with E-state index in [4.69, 9.17) is 11.6 Å². The first-order valence-corrected chi connectivity index (χ1v) is 9.72. The number of carbonyl (C=O) groups excluding carboxylic acids is 2. The molecule has 0 bridgehead atoms. The summed E-state index contributed by atoms with van der Waals surface area (Å²) >= 11 is 6.11. The minimum atomic E-state index is -0.652. The first-order valence-electron chi connectivity index (χ1n) is 9.34. The van der Waals surface area contributed by atoms with Crippen molar-refractivity contribution >= 4 is 29.1 Å². The highest BCUT2D eigenvalue weighted by molar-refractivity contribution is 6.31. The average Bonchev–Trinajstić information content (AvgIpc) is 2.61. The number of hydrogen-bond acceptors (Lipinski definition) is 3. The molecule has 0 aliphatic rings. The predicted molar refractivity (Wildman–Crippen MR) is 115 cm³/mol. The van der Waals surface area contributed by atoms with Gasteiger partial charge in [0.05, 0.1) is 13.1 Å². The van der Waals surface area contributed by atoms with Crippen LogP contribution in [-0.2, 0) is 15.1 Å². The first kappa shape index (κ1) is 22.8. The monoisotopic (exact) mass is 419 g/mol. The third-order valence-electron chi connectivity index (χ3n) is 4.68. The van der Waals surface area contributed by atoms with Crippen molar-refractivity contribution in [3.8, 4) is 0 Å². The molecular weight excluding hydrogens is 393 g/mol. The second kappa shape index (κ2) is 9.37. The third-order valence-corrected chi connectivity index (χ3v) is 5.00. The van der Waals surface area contributed by atoms with Gasteiger partial charge in [-0.3, -0.25) is 14.9 Å². The van der Waals surface area contributed by atoms with Gasteiger partial charge in [0.1, 0.15) is 5.82 Å². The van der Waals surface area contributed by atoms with Gasteiger partial charge < -0.3 is 10.6 Å². The zero-order chi connectivity index (χ0) is 21.8. The summed E-state index contributed by atoms with van der Waals surface area (Å²) in [6.45, 7) is 9.40. The van der Waals surface area contributed by atoms with Crippen LogP contribution in [0.4, 0.5) is 10.1 Å². The molecule has 3 N–H and O–H groups in total. The van der Waals surface area contributed by atoms with Gasteiger partial charge in [0.2, 0.25) is 11.8 Å². The number of halogens is 2. The van der Waals surface area contributed by atoms with Crippen molar-refractivity contribution in [1.29, 1.82) is 0 Å². The molecule has 29 heavy (non-hydrogen) atoms. The van der Waals surface area contributed by atoms with Crippen LogP contribution < -0.4 is 16.0 Å². The molecule has 2 aromatic carbocycles. The molecule has 0 unspecified atom stereocenters. The fourth-order valence-corrected chi connectivity index (χ4v) is 3.60. The fraction of sp³-hybridized carbons (Fsp3) is 0.364. The number of carbonyl (C=O) groups is 2. The highest BCUT2D eigenvalue weighted by Crippen LogP contribution is 2.28. The fourth-order valence-electron chi connectivity index (χ4n) is 3.19. The summed E-state index contributed by atoms with van der Waals surface area (Å²) in [6.07, 6.45) is 0. The molecule has 0 aliphatic heterocycles. The molecule has 0 heterocycles. The SMILES string of the molecule is Cc1cc(C)c(NC(=O)CNC(=O)CNC(C)(C)c2ccc(F)cc2Cl)c(C)c1. The highest BCUT2D eigenvalue weighted by atomic mass is 35.5. The van der Waals surface area contributed by atoms with E-state index in [1.807, 2.05) is 46.8 Å². The van der Waals surface area contributed by atoms with E-state index < -0.39 is 11.4 Å². The van der Waals surface area contributed by atoms with E-state index in [9.17, 15) is 14.0 Å². The zero-order valence-corrected chi connectivity index (χ0v) is 18.1. The Morgan fingerprint density at radius 2 is 1.62 bits per heavy atom. The molecule has 7 heteroatoms. The molecule has 0 spiro atoms. The van der Waals surface area contributed by atoms with Crippen molar-refractivity contribution in [3.63, 3.8) is 0 Å². The molecule has 0 saturated carbocycles. The van der Waals surface area contributed by atoms with Crippen LogP contribution in [0.25, 0.3) is 0 Å². The Morgan fingerprint density at radius 3 is 2.21 bits per heavy atom. The van der Waals surface area contributed by atoms with Gasteiger partial charge >= 0.3 is 0 Å². The molecule has 2 amide bonds. The standard InChI is InChI=1S/C22H27ClFN3O2/c1-13-8-14(2)21(15(3)9-13)27-20(29)11-25-19(28)12-26-22(4,5)17-7-6-16(24)10-18(17)23/h6-10,26H,11-12H2,1-5H3,(H,25,28)(H,27,29). The first-order chi connectivity index (χ1) is 13.5. The summed E-state index contributed by atoms with van der Waals surface area (Å²) in [5.41, 5.74) is 3.86. The van der Waals surface area contributed by atoms with E-state index in [0.29, 0.717) is 5.56 Å². The van der Waals surface area contributed by atoms with Crippen molar-refractivity contribution in [2.24, 2.45) is 0 Å². The van der Waals surface area contributed by atoms with Gasteiger partial charge in [-0.25, -0.2) is 4.39 Å². The van der Waals surface area contributed by atoms with Crippen LogP contribution in [-0.4, -0.2) is 24.9 Å². The zero-order valence-electron chi connectivity index (χ0n) is 17.4. The van der Waals surface area contributed by atoms with Gasteiger partial charge in [0.15, 0.2) is 0 Å². The van der Waals surface area contributed by atoms with Crippen LogP contribution >= 0.6 is 11.6 Å². The minimum Gasteiger partial charge on any atom is -0.346 e. The third kappa shape index (κ3) is 6.27. The van der Waals surface area contributed by atoms with E-state index in [1.54, 1.807) is 6.07 Å². The lowest BCUT2D eigenvalue weighted by molar-refractivity contribution is -0.123. The van der Waals surface area contributed by atoms with Crippen LogP contribution in [0.5, 0.6) is 0 Å². The van der Waals surface area contributed by atoms with Crippen LogP contribution in [0, 0.1) is 26.6 Å². The summed E-state index contributed by atoms with van der Waals surface area (Å²) in [5.74, 6) is -1.05. The average molecular weight is 420 g/mol. The summed E-state index contributed by atoms with van der Waals surface area (Å²) in [7, 11) is 0. The Kier molecular flexibility index (Phi) is 7.38. The molecule has 5 nitrogen and oxygen atoms in total. The van der Waals surface area contributed by atoms with E-state index in [0.717, 1.165) is 22.4 Å². The van der Waals surface area contributed by atoms with Gasteiger partial charge in [-0.15, -0.1) is 0 Å². The van der Waals surface area contributed by atoms with Gasteiger partial charge in [0.25, 0.3) is 0 Å². The van der Waals surface area contributed by atoms with E-state index >= 15 is 0 Å². The number of hydrogen-bond donors (Lipinski definition) is 3. The van der Waals surface area contributed by atoms with Crippen LogP contribution in [0.15, 0.2) is 30.3 Å². The lowest BCUT2D eigenvalue weighted by Gasteiger charge is -2.27. The molecule has 2 aromatic rings. The van der Waals surface area contributed by atoms with Crippen molar-refractivity contribution in [2.45, 2.75) is 40.2 Å². The molecule has 0 atom stereocenters. The number of nitrogens with one attached hydrogen (secondary N) is 3. The normalized spacial score (nSPS) is 11.3. The maximum absolute atomic E-state index is 13.2. The van der Waals surface area contributed by atoms with Crippen molar-refractivity contribution < 1.29 is 14.0 Å². The largest absolute Gasteiger partial charge is 0.346 e. The van der Waals surface area contributed by atoms with Crippen LogP contribution in [0.1, 0.15) is 36.1 Å². The summed E-state index contributed by atoms with van der Waals surface area (Å²) in [4.78, 5) is 24.4. The molecule has 0 saturated heterocycles. The minimum absolute atomic E-state index is 0.0173. The maximum atomic E-state index is 13.2. The second-order valence-corrected chi connectivity index (χ2v) is 8.11. The summed E-state index contributed by atoms with van der Waals surface area (Å²) < 4.78 is 13.2. The lowest BCUT2D eigenvalue weighted by Crippen LogP contribution is -2.45. The summed E-state index contributed by atoms with van der Waals surface area (Å²) in [6, 6.07) is 8.13. The molecule has 0 radical (unpaired) electrons. The Labute approximate surface area is 176 Å². The Hall–Kier alpha value is -2.44.